The van der Waals surface area contributed by atoms with Crippen molar-refractivity contribution in [1.82, 2.24) is 5.32 Å². The molecule has 0 aliphatic carbocycles. The van der Waals surface area contributed by atoms with Crippen LogP contribution in [0.5, 0.6) is 0 Å². The van der Waals surface area contributed by atoms with E-state index in [9.17, 15) is 9.18 Å². The van der Waals surface area contributed by atoms with E-state index in [0.717, 1.165) is 23.8 Å². The van der Waals surface area contributed by atoms with Crippen molar-refractivity contribution < 1.29 is 13.6 Å². The Kier molecular flexibility index (Phi) is 9.71. The molecule has 0 aliphatic heterocycles. The molecule has 0 aliphatic rings. The second-order valence-corrected chi connectivity index (χ2v) is 7.14. The minimum absolute atomic E-state index is 0.109. The largest absolute Gasteiger partial charge is 0.398 e. The highest BCUT2D eigenvalue weighted by atomic mass is 19.1. The molecule has 172 valence electrons. The van der Waals surface area contributed by atoms with Crippen LogP contribution in [-0.2, 0) is 4.79 Å². The van der Waals surface area contributed by atoms with E-state index in [2.05, 4.69) is 10.3 Å². The molecule has 0 bridgehead atoms. The molecular weight excluding hydrogens is 426 g/mol. The van der Waals surface area contributed by atoms with Crippen LogP contribution in [0, 0.1) is 22.6 Å². The zero-order chi connectivity index (χ0) is 24.2. The van der Waals surface area contributed by atoms with Crippen LogP contribution in [0.15, 0.2) is 53.4 Å². The zero-order valence-corrected chi connectivity index (χ0v) is 18.3. The number of nitriles is 1. The van der Waals surface area contributed by atoms with E-state index in [1.807, 2.05) is 0 Å². The van der Waals surface area contributed by atoms with Crippen LogP contribution < -0.4 is 16.0 Å². The average molecular weight is 453 g/mol. The molecule has 4 N–H and O–H groups in total. The average Bonchev–Trinajstić information content (AvgIpc) is 2.80. The number of benzene rings is 2. The van der Waals surface area contributed by atoms with Crippen molar-refractivity contribution in [3.63, 3.8) is 0 Å². The molecule has 0 fully saturated rings. The second-order valence-electron chi connectivity index (χ2n) is 7.14. The van der Waals surface area contributed by atoms with Gasteiger partial charge in [-0.25, -0.2) is 4.39 Å². The number of hydrogen-bond acceptors (Lipinski definition) is 5. The molecule has 2 rings (SSSR count). The van der Waals surface area contributed by atoms with Gasteiger partial charge in [0.05, 0.1) is 11.3 Å². The van der Waals surface area contributed by atoms with E-state index in [-0.39, 0.29) is 17.0 Å². The summed E-state index contributed by atoms with van der Waals surface area (Å²) >= 11 is 0. The molecule has 2 aromatic rings. The number of amidine groups is 1. The van der Waals surface area contributed by atoms with Crippen molar-refractivity contribution in [2.45, 2.75) is 25.7 Å². The summed E-state index contributed by atoms with van der Waals surface area (Å²) in [6.07, 6.45) is 6.20. The predicted molar refractivity (Wildman–Crippen MR) is 127 cm³/mol. The fourth-order valence-corrected chi connectivity index (χ4v) is 3.11. The molecule has 0 saturated carbocycles. The predicted octanol–water partition coefficient (Wildman–Crippen LogP) is 4.28. The first-order valence-electron chi connectivity index (χ1n) is 10.4. The Labute approximate surface area is 191 Å². The minimum atomic E-state index is -0.788. The Bertz CT molecular complexity index is 1090. The zero-order valence-electron chi connectivity index (χ0n) is 18.3. The van der Waals surface area contributed by atoms with Crippen molar-refractivity contribution >= 4 is 29.8 Å². The number of anilines is 2. The van der Waals surface area contributed by atoms with Gasteiger partial charge in [-0.2, -0.15) is 9.65 Å². The number of allylic oxidation sites excluding steroid dienone is 1. The first-order valence-corrected chi connectivity index (χ1v) is 10.4. The van der Waals surface area contributed by atoms with Gasteiger partial charge < -0.3 is 11.1 Å². The molecule has 33 heavy (non-hydrogen) atoms. The van der Waals surface area contributed by atoms with Gasteiger partial charge in [-0.1, -0.05) is 6.42 Å². The van der Waals surface area contributed by atoms with Gasteiger partial charge in [0.25, 0.3) is 0 Å². The maximum absolute atomic E-state index is 15.4. The SMILES string of the molecule is CN=Cc1cc(N(C(=N)c2ccc(C#N)c(F)c2)/C(F)=C/CCCCCNC=O)ccc1N. The van der Waals surface area contributed by atoms with Crippen molar-refractivity contribution in [1.29, 1.82) is 10.7 Å². The van der Waals surface area contributed by atoms with E-state index in [0.29, 0.717) is 42.7 Å². The lowest BCUT2D eigenvalue weighted by atomic mass is 10.1. The van der Waals surface area contributed by atoms with Gasteiger partial charge in [-0.15, -0.1) is 0 Å². The van der Waals surface area contributed by atoms with E-state index in [1.165, 1.54) is 24.4 Å². The lowest BCUT2D eigenvalue weighted by Gasteiger charge is -2.24. The third kappa shape index (κ3) is 6.97. The maximum atomic E-state index is 15.4. The first-order chi connectivity index (χ1) is 15.9. The highest BCUT2D eigenvalue weighted by Gasteiger charge is 2.21. The summed E-state index contributed by atoms with van der Waals surface area (Å²) in [6.45, 7) is 0.559. The minimum Gasteiger partial charge on any atom is -0.398 e. The normalized spacial score (nSPS) is 11.3. The summed E-state index contributed by atoms with van der Waals surface area (Å²) in [5.41, 5.74) is 7.22. The highest BCUT2D eigenvalue weighted by Crippen LogP contribution is 2.27. The molecule has 0 unspecified atom stereocenters. The van der Waals surface area contributed by atoms with Crippen LogP contribution in [0.3, 0.4) is 0 Å². The number of amides is 1. The molecule has 1 amide bonds. The number of nitrogens with one attached hydrogen (secondary N) is 2. The van der Waals surface area contributed by atoms with Crippen LogP contribution in [0.1, 0.15) is 42.4 Å². The van der Waals surface area contributed by atoms with Crippen molar-refractivity contribution in [3.05, 3.63) is 70.9 Å². The summed E-state index contributed by atoms with van der Waals surface area (Å²) in [5.74, 6) is -1.78. The van der Waals surface area contributed by atoms with Gasteiger partial charge in [0, 0.05) is 36.6 Å². The molecule has 9 heteroatoms. The molecule has 0 heterocycles. The topological polar surface area (TPSA) is 118 Å². The van der Waals surface area contributed by atoms with Gasteiger partial charge in [0.1, 0.15) is 17.7 Å². The third-order valence-electron chi connectivity index (χ3n) is 4.82. The number of carbonyl (C=O) groups is 1. The molecule has 2 aromatic carbocycles. The summed E-state index contributed by atoms with van der Waals surface area (Å²) in [7, 11) is 1.58. The Morgan fingerprint density at radius 3 is 2.73 bits per heavy atom. The summed E-state index contributed by atoms with van der Waals surface area (Å²) < 4.78 is 29.5. The Balaban J connectivity index is 2.36. The molecular formula is C24H26F2N6O. The Morgan fingerprint density at radius 1 is 1.27 bits per heavy atom. The molecule has 0 aromatic heterocycles. The Morgan fingerprint density at radius 2 is 2.06 bits per heavy atom. The van der Waals surface area contributed by atoms with E-state index in [1.54, 1.807) is 31.3 Å². The smallest absolute Gasteiger partial charge is 0.207 e. The molecule has 0 radical (unpaired) electrons. The van der Waals surface area contributed by atoms with Crippen molar-refractivity contribution in [3.8, 4) is 6.07 Å². The van der Waals surface area contributed by atoms with Crippen LogP contribution >= 0.6 is 0 Å². The van der Waals surface area contributed by atoms with Crippen molar-refractivity contribution in [2.75, 3.05) is 24.2 Å². The van der Waals surface area contributed by atoms with Gasteiger partial charge in [-0.05, 0) is 61.7 Å². The molecule has 0 spiro atoms. The number of nitrogens with two attached hydrogens (primary N) is 1. The van der Waals surface area contributed by atoms with Crippen LogP contribution in [0.2, 0.25) is 0 Å². The van der Waals surface area contributed by atoms with Crippen LogP contribution in [-0.4, -0.2) is 32.1 Å². The number of hydrogen-bond donors (Lipinski definition) is 3. The number of nitrogens with zero attached hydrogens (tertiary/aromatic N) is 3. The summed E-state index contributed by atoms with van der Waals surface area (Å²) in [5, 5.41) is 20.1. The Hall–Kier alpha value is -4.06. The number of aliphatic imine (C=N–C) groups is 1. The maximum Gasteiger partial charge on any atom is 0.207 e. The number of halogens is 2. The van der Waals surface area contributed by atoms with Crippen LogP contribution in [0.25, 0.3) is 0 Å². The van der Waals surface area contributed by atoms with Gasteiger partial charge >= 0.3 is 0 Å². The summed E-state index contributed by atoms with van der Waals surface area (Å²) in [6, 6.07) is 10.2. The lowest BCUT2D eigenvalue weighted by Crippen LogP contribution is -2.29. The van der Waals surface area contributed by atoms with Crippen LogP contribution in [0.4, 0.5) is 20.2 Å². The lowest BCUT2D eigenvalue weighted by molar-refractivity contribution is -0.109. The second kappa shape index (κ2) is 12.7. The summed E-state index contributed by atoms with van der Waals surface area (Å²) in [4.78, 5) is 15.3. The first kappa shape index (κ1) is 25.2. The van der Waals surface area contributed by atoms with Crippen molar-refractivity contribution in [2.24, 2.45) is 4.99 Å². The van der Waals surface area contributed by atoms with Gasteiger partial charge in [0.15, 0.2) is 5.95 Å². The standard InChI is InChI=1S/C24H26F2N6O/c1-30-15-19-12-20(9-10-22(19)28)32(23(26)6-4-2-3-5-11-31-16-33)24(29)17-7-8-18(14-27)21(25)13-17/h6-10,12-13,15-16,29H,2-5,11,28H2,1H3,(H,31,33)/b23-6+,29-24?,30-15?. The number of unbranched alkanes of at least 4 members (excludes halogenated alkanes) is 3. The fourth-order valence-electron chi connectivity index (χ4n) is 3.11. The quantitative estimate of drug-likeness (QED) is 0.118. The fraction of sp³-hybridized carbons (Fsp3) is 0.250. The molecule has 7 nitrogen and oxygen atoms in total. The highest BCUT2D eigenvalue weighted by molar-refractivity contribution is 6.10. The van der Waals surface area contributed by atoms with E-state index < -0.39 is 11.8 Å². The van der Waals surface area contributed by atoms with E-state index in [4.69, 9.17) is 16.4 Å². The number of rotatable bonds is 11. The van der Waals surface area contributed by atoms with Gasteiger partial charge in [-0.3, -0.25) is 20.1 Å². The number of carbonyl (C=O) groups excluding carboxylic acids is 1. The monoisotopic (exact) mass is 452 g/mol. The number of nitrogen functional groups attached to an aromatic ring is 1. The van der Waals surface area contributed by atoms with E-state index >= 15 is 4.39 Å². The molecule has 0 atom stereocenters. The third-order valence-corrected chi connectivity index (χ3v) is 4.82. The van der Waals surface area contributed by atoms with Gasteiger partial charge in [0.2, 0.25) is 6.41 Å². The molecule has 0 saturated heterocycles.